The average Bonchev–Trinajstić information content (AvgIpc) is 2.66. The first-order valence-electron chi connectivity index (χ1n) is 4.87. The van der Waals surface area contributed by atoms with Gasteiger partial charge in [0, 0.05) is 12.3 Å². The fourth-order valence-corrected chi connectivity index (χ4v) is 2.23. The molecule has 6 nitrogen and oxygen atoms in total. The van der Waals surface area contributed by atoms with Gasteiger partial charge in [-0.3, -0.25) is 14.3 Å². The molecule has 0 aliphatic carbocycles. The summed E-state index contributed by atoms with van der Waals surface area (Å²) < 4.78 is 6.26. The molecule has 1 aliphatic rings. The Morgan fingerprint density at radius 3 is 2.88 bits per heavy atom. The van der Waals surface area contributed by atoms with Crippen LogP contribution in [0.5, 0.6) is 0 Å². The van der Waals surface area contributed by atoms with Crippen molar-refractivity contribution in [2.24, 2.45) is 0 Å². The van der Waals surface area contributed by atoms with E-state index in [1.807, 2.05) is 22.6 Å². The molecule has 0 saturated carbocycles. The molecule has 3 atom stereocenters. The molecule has 2 N–H and O–H groups in total. The van der Waals surface area contributed by atoms with Crippen molar-refractivity contribution in [3.63, 3.8) is 0 Å². The van der Waals surface area contributed by atoms with Gasteiger partial charge in [0.25, 0.3) is 5.56 Å². The number of halogens is 1. The molecule has 1 aromatic heterocycles. The summed E-state index contributed by atoms with van der Waals surface area (Å²) in [5, 5.41) is 9.35. The highest BCUT2D eigenvalue weighted by Crippen LogP contribution is 2.30. The van der Waals surface area contributed by atoms with Crippen molar-refractivity contribution < 1.29 is 9.84 Å². The summed E-state index contributed by atoms with van der Waals surface area (Å²) >= 11 is 1.87. The van der Waals surface area contributed by atoms with E-state index < -0.39 is 21.6 Å². The molecule has 88 valence electrons. The summed E-state index contributed by atoms with van der Waals surface area (Å²) in [6, 6.07) is 1.28. The van der Waals surface area contributed by atoms with E-state index in [-0.39, 0.29) is 6.10 Å². The van der Waals surface area contributed by atoms with Gasteiger partial charge < -0.3 is 9.84 Å². The summed E-state index contributed by atoms with van der Waals surface area (Å²) in [4.78, 5) is 24.5. The van der Waals surface area contributed by atoms with E-state index in [9.17, 15) is 14.7 Å². The van der Waals surface area contributed by atoms with Gasteiger partial charge in [0.05, 0.1) is 6.10 Å². The number of nitrogens with zero attached hydrogens (tertiary/aromatic N) is 1. The molecule has 16 heavy (non-hydrogen) atoms. The Labute approximate surface area is 104 Å². The van der Waals surface area contributed by atoms with Gasteiger partial charge in [-0.1, -0.05) is 0 Å². The summed E-state index contributed by atoms with van der Waals surface area (Å²) in [6.45, 7) is 0. The Bertz CT molecular complexity index is 481. The first-order valence-corrected chi connectivity index (χ1v) is 6.11. The number of aliphatic hydroxyl groups is 1. The first kappa shape index (κ1) is 11.8. The Hall–Kier alpha value is -0.670. The Kier molecular flexibility index (Phi) is 3.45. The molecular formula is C9H11IN2O4. The topological polar surface area (TPSA) is 84.3 Å². The maximum Gasteiger partial charge on any atom is 0.330 e. The fraction of sp³-hybridized carbons (Fsp3) is 0.556. The maximum absolute atomic E-state index is 11.5. The lowest BCUT2D eigenvalue weighted by Crippen LogP contribution is -2.32. The minimum Gasteiger partial charge on any atom is -0.380 e. The zero-order chi connectivity index (χ0) is 11.7. The lowest BCUT2D eigenvalue weighted by atomic mass is 10.2. The van der Waals surface area contributed by atoms with E-state index in [1.54, 1.807) is 0 Å². The number of rotatable bonds is 2. The number of aromatic nitrogens is 2. The number of hydrogen-bond acceptors (Lipinski definition) is 4. The van der Waals surface area contributed by atoms with Gasteiger partial charge in [0.2, 0.25) is 0 Å². The molecule has 0 aromatic carbocycles. The van der Waals surface area contributed by atoms with Crippen LogP contribution in [0.1, 0.15) is 19.1 Å². The molecule has 0 radical (unpaired) electrons. The van der Waals surface area contributed by atoms with Gasteiger partial charge in [0.1, 0.15) is 10.3 Å². The van der Waals surface area contributed by atoms with Crippen molar-refractivity contribution in [1.82, 2.24) is 9.55 Å². The number of ether oxygens (including phenoxy) is 1. The largest absolute Gasteiger partial charge is 0.380 e. The van der Waals surface area contributed by atoms with Crippen molar-refractivity contribution in [1.29, 1.82) is 0 Å². The molecule has 1 fully saturated rings. The zero-order valence-electron chi connectivity index (χ0n) is 8.30. The maximum atomic E-state index is 11.5. The molecule has 0 amide bonds. The second-order valence-corrected chi connectivity index (χ2v) is 4.87. The Balaban J connectivity index is 2.21. The van der Waals surface area contributed by atoms with Gasteiger partial charge >= 0.3 is 5.69 Å². The highest BCUT2D eigenvalue weighted by atomic mass is 127. The normalized spacial score (nSPS) is 26.9. The molecule has 1 saturated heterocycles. The Morgan fingerprint density at radius 2 is 2.31 bits per heavy atom. The highest BCUT2D eigenvalue weighted by molar-refractivity contribution is 14.1. The smallest absolute Gasteiger partial charge is 0.330 e. The first-order chi connectivity index (χ1) is 7.58. The van der Waals surface area contributed by atoms with E-state index in [2.05, 4.69) is 4.98 Å². The standard InChI is InChI=1S/C9H11IN2O4/c10-8(14)5-1-2-7(16-5)12-4-3-6(13)11-9(12)15/h3-5,7-8,14H,1-2H2,(H,11,13,15)/t5-,7+,8+/m0/s1. The van der Waals surface area contributed by atoms with Crippen LogP contribution in [0.2, 0.25) is 0 Å². The van der Waals surface area contributed by atoms with Gasteiger partial charge in [-0.05, 0) is 35.4 Å². The van der Waals surface area contributed by atoms with E-state index >= 15 is 0 Å². The van der Waals surface area contributed by atoms with Crippen LogP contribution in [-0.2, 0) is 4.74 Å². The van der Waals surface area contributed by atoms with Crippen LogP contribution in [-0.4, -0.2) is 24.9 Å². The van der Waals surface area contributed by atoms with Crippen LogP contribution in [0, 0.1) is 0 Å². The minimum atomic E-state index is -0.582. The molecule has 2 heterocycles. The van der Waals surface area contributed by atoms with Crippen LogP contribution >= 0.6 is 22.6 Å². The average molecular weight is 338 g/mol. The van der Waals surface area contributed by atoms with Crippen LogP contribution in [0.25, 0.3) is 0 Å². The van der Waals surface area contributed by atoms with Crippen molar-refractivity contribution in [2.45, 2.75) is 29.3 Å². The Morgan fingerprint density at radius 1 is 1.56 bits per heavy atom. The lowest BCUT2D eigenvalue weighted by Gasteiger charge is -2.16. The van der Waals surface area contributed by atoms with Crippen molar-refractivity contribution >= 4 is 22.6 Å². The fourth-order valence-electron chi connectivity index (χ4n) is 1.71. The molecule has 0 bridgehead atoms. The van der Waals surface area contributed by atoms with Gasteiger partial charge in [0.15, 0.2) is 0 Å². The molecule has 0 spiro atoms. The molecule has 2 rings (SSSR count). The second-order valence-electron chi connectivity index (χ2n) is 3.60. The molecule has 0 unspecified atom stereocenters. The van der Waals surface area contributed by atoms with Crippen molar-refractivity contribution in [3.8, 4) is 0 Å². The number of H-pyrrole nitrogens is 1. The lowest BCUT2D eigenvalue weighted by molar-refractivity contribution is -0.0300. The van der Waals surface area contributed by atoms with Gasteiger partial charge in [-0.2, -0.15) is 0 Å². The molecule has 7 heteroatoms. The number of hydrogen-bond donors (Lipinski definition) is 2. The predicted octanol–water partition coefficient (Wildman–Crippen LogP) is -0.0324. The minimum absolute atomic E-state index is 0.260. The second kappa shape index (κ2) is 4.68. The van der Waals surface area contributed by atoms with E-state index in [1.165, 1.54) is 16.8 Å². The van der Waals surface area contributed by atoms with Crippen molar-refractivity contribution in [2.75, 3.05) is 0 Å². The highest BCUT2D eigenvalue weighted by Gasteiger charge is 2.30. The SMILES string of the molecule is O=c1ccn([C@H]2CC[C@@H]([C@@H](O)I)O2)c(=O)[nH]1. The van der Waals surface area contributed by atoms with E-state index in [0.717, 1.165) is 0 Å². The van der Waals surface area contributed by atoms with Gasteiger partial charge in [-0.15, -0.1) is 0 Å². The number of alkyl halides is 1. The molecule has 1 aliphatic heterocycles. The molecule has 1 aromatic rings. The van der Waals surface area contributed by atoms with E-state index in [0.29, 0.717) is 12.8 Å². The van der Waals surface area contributed by atoms with Crippen LogP contribution in [0.3, 0.4) is 0 Å². The third-order valence-electron chi connectivity index (χ3n) is 2.50. The summed E-state index contributed by atoms with van der Waals surface area (Å²) in [6.07, 6.45) is 2.09. The number of aliphatic hydroxyl groups excluding tert-OH is 1. The van der Waals surface area contributed by atoms with Crippen molar-refractivity contribution in [3.05, 3.63) is 33.1 Å². The predicted molar refractivity (Wildman–Crippen MR) is 64.5 cm³/mol. The third kappa shape index (κ3) is 2.36. The van der Waals surface area contributed by atoms with E-state index in [4.69, 9.17) is 4.74 Å². The van der Waals surface area contributed by atoms with Gasteiger partial charge in [-0.25, -0.2) is 4.79 Å². The van der Waals surface area contributed by atoms with Crippen LogP contribution in [0.15, 0.2) is 21.9 Å². The number of aromatic amines is 1. The zero-order valence-corrected chi connectivity index (χ0v) is 10.5. The number of nitrogens with one attached hydrogen (secondary N) is 1. The monoisotopic (exact) mass is 338 g/mol. The van der Waals surface area contributed by atoms with Crippen LogP contribution < -0.4 is 11.2 Å². The summed E-state index contributed by atoms with van der Waals surface area (Å²) in [7, 11) is 0. The molecular weight excluding hydrogens is 327 g/mol. The third-order valence-corrected chi connectivity index (χ3v) is 3.30. The van der Waals surface area contributed by atoms with Crippen LogP contribution in [0.4, 0.5) is 0 Å². The quantitative estimate of drug-likeness (QED) is 0.586. The summed E-state index contributed by atoms with van der Waals surface area (Å²) in [5.41, 5.74) is -0.911. The summed E-state index contributed by atoms with van der Waals surface area (Å²) in [5.74, 6) is 0.